The molecule has 2 fully saturated rings. The predicted molar refractivity (Wildman–Crippen MR) is 119 cm³/mol. The number of nitrogens with one attached hydrogen (secondary N) is 2. The zero-order valence-corrected chi connectivity index (χ0v) is 18.7. The number of amides is 1. The van der Waals surface area contributed by atoms with Crippen LogP contribution in [-0.4, -0.2) is 64.4 Å². The highest BCUT2D eigenvalue weighted by atomic mass is 19.4. The fourth-order valence-electron chi connectivity index (χ4n) is 4.28. The maximum absolute atomic E-state index is 13.3. The molecule has 0 aliphatic carbocycles. The summed E-state index contributed by atoms with van der Waals surface area (Å²) in [4.78, 5) is 34.3. The molecule has 5 rings (SSSR count). The van der Waals surface area contributed by atoms with Gasteiger partial charge in [0.05, 0.1) is 42.4 Å². The lowest BCUT2D eigenvalue weighted by atomic mass is 9.96. The Bertz CT molecular complexity index is 1290. The lowest BCUT2D eigenvalue weighted by Gasteiger charge is -2.40. The first-order chi connectivity index (χ1) is 16.7. The quantitative estimate of drug-likeness (QED) is 0.507. The fraction of sp³-hybridized carbons (Fsp3) is 0.409. The van der Waals surface area contributed by atoms with Gasteiger partial charge in [-0.2, -0.15) is 28.2 Å². The van der Waals surface area contributed by atoms with Gasteiger partial charge in [-0.05, 0) is 18.2 Å². The molecule has 1 amide bonds. The zero-order valence-electron chi connectivity index (χ0n) is 18.7. The highest BCUT2D eigenvalue weighted by molar-refractivity contribution is 5.89. The average Bonchev–Trinajstić information content (AvgIpc) is 3.41. The minimum atomic E-state index is -4.50. The van der Waals surface area contributed by atoms with Crippen molar-refractivity contribution >= 4 is 34.7 Å². The van der Waals surface area contributed by atoms with Crippen molar-refractivity contribution in [3.63, 3.8) is 0 Å². The second-order valence-electron chi connectivity index (χ2n) is 8.61. The molecular weight excluding hydrogens is 467 g/mol. The third-order valence-corrected chi connectivity index (χ3v) is 6.08. The summed E-state index contributed by atoms with van der Waals surface area (Å²) in [6, 6.07) is 4.62. The molecule has 35 heavy (non-hydrogen) atoms. The number of fused-ring (bicyclic) bond motifs is 1. The van der Waals surface area contributed by atoms with Gasteiger partial charge in [-0.1, -0.05) is 6.07 Å². The van der Waals surface area contributed by atoms with Crippen LogP contribution in [0.1, 0.15) is 18.4 Å². The average molecular weight is 489 g/mol. The molecule has 2 aliphatic heterocycles. The molecule has 2 aromatic heterocycles. The molecular formula is C22H22F3N7O3. The van der Waals surface area contributed by atoms with E-state index in [0.717, 1.165) is 12.1 Å². The summed E-state index contributed by atoms with van der Waals surface area (Å²) in [7, 11) is 1.34. The summed E-state index contributed by atoms with van der Waals surface area (Å²) in [6.45, 7) is 1.52. The molecule has 1 aromatic carbocycles. The van der Waals surface area contributed by atoms with E-state index >= 15 is 0 Å². The Labute approximate surface area is 197 Å². The molecule has 1 atom stereocenters. The first kappa shape index (κ1) is 22.9. The summed E-state index contributed by atoms with van der Waals surface area (Å²) >= 11 is 0. The van der Waals surface area contributed by atoms with Gasteiger partial charge in [0.15, 0.2) is 5.65 Å². The Morgan fingerprint density at radius 2 is 2.09 bits per heavy atom. The molecule has 13 heteroatoms. The molecule has 10 nitrogen and oxygen atoms in total. The second kappa shape index (κ2) is 8.71. The highest BCUT2D eigenvalue weighted by Gasteiger charge is 2.33. The molecule has 184 valence electrons. The summed E-state index contributed by atoms with van der Waals surface area (Å²) in [6.07, 6.45) is -2.44. The van der Waals surface area contributed by atoms with E-state index in [1.807, 2.05) is 4.90 Å². The molecule has 0 saturated carbocycles. The molecule has 2 aliphatic rings. The maximum atomic E-state index is 13.3. The van der Waals surface area contributed by atoms with E-state index in [0.29, 0.717) is 36.5 Å². The Hall–Kier alpha value is -3.90. The van der Waals surface area contributed by atoms with Crippen molar-refractivity contribution in [3.05, 3.63) is 36.0 Å². The molecule has 2 saturated heterocycles. The van der Waals surface area contributed by atoms with Crippen LogP contribution in [0.5, 0.6) is 0 Å². The minimum absolute atomic E-state index is 0.0915. The van der Waals surface area contributed by atoms with Crippen molar-refractivity contribution in [2.45, 2.75) is 25.1 Å². The minimum Gasteiger partial charge on any atom is -0.469 e. The van der Waals surface area contributed by atoms with Gasteiger partial charge in [0.2, 0.25) is 11.9 Å². The number of nitrogens with zero attached hydrogens (tertiary/aromatic N) is 5. The van der Waals surface area contributed by atoms with Gasteiger partial charge in [-0.25, -0.2) is 4.68 Å². The van der Waals surface area contributed by atoms with Crippen molar-refractivity contribution in [2.24, 2.45) is 5.92 Å². The number of hydrogen-bond acceptors (Lipinski definition) is 8. The first-order valence-electron chi connectivity index (χ1n) is 11.0. The molecule has 2 N–H and O–H groups in total. The third-order valence-electron chi connectivity index (χ3n) is 6.08. The van der Waals surface area contributed by atoms with Crippen LogP contribution >= 0.6 is 0 Å². The maximum Gasteiger partial charge on any atom is 0.416 e. The van der Waals surface area contributed by atoms with Crippen LogP contribution in [0.2, 0.25) is 0 Å². The van der Waals surface area contributed by atoms with Gasteiger partial charge in [0.25, 0.3) is 0 Å². The number of carbonyl (C=O) groups excluding carboxylic acids is 2. The molecule has 4 heterocycles. The summed E-state index contributed by atoms with van der Waals surface area (Å²) in [5, 5.41) is 10.7. The van der Waals surface area contributed by atoms with Crippen LogP contribution in [0.4, 0.5) is 24.9 Å². The number of halogens is 3. The summed E-state index contributed by atoms with van der Waals surface area (Å²) < 4.78 is 45.9. The van der Waals surface area contributed by atoms with E-state index in [1.54, 1.807) is 0 Å². The Morgan fingerprint density at radius 3 is 2.77 bits per heavy atom. The van der Waals surface area contributed by atoms with Crippen LogP contribution in [0.15, 0.2) is 30.5 Å². The van der Waals surface area contributed by atoms with Crippen LogP contribution in [0, 0.1) is 5.92 Å². The Balaban J connectivity index is 1.52. The SMILES string of the molecule is COC(=O)CC1CN(c2nc(N[C@@H]3CNC(=O)C3)nc3c2cnn3-c2cccc(C(F)(F)F)c2)C1. The number of aromatic nitrogens is 4. The van der Waals surface area contributed by atoms with Gasteiger partial charge in [0, 0.05) is 32.0 Å². The summed E-state index contributed by atoms with van der Waals surface area (Å²) in [5.74, 6) is 0.499. The largest absolute Gasteiger partial charge is 0.469 e. The van der Waals surface area contributed by atoms with E-state index in [9.17, 15) is 22.8 Å². The normalized spacial score (nSPS) is 18.5. The molecule has 0 bridgehead atoms. The van der Waals surface area contributed by atoms with Crippen molar-refractivity contribution in [1.82, 2.24) is 25.1 Å². The molecule has 0 unspecified atom stereocenters. The molecule has 0 radical (unpaired) electrons. The smallest absolute Gasteiger partial charge is 0.416 e. The number of rotatable bonds is 6. The fourth-order valence-corrected chi connectivity index (χ4v) is 4.28. The van der Waals surface area contributed by atoms with Gasteiger partial charge in [-0.15, -0.1) is 0 Å². The van der Waals surface area contributed by atoms with Gasteiger partial charge in [0.1, 0.15) is 5.82 Å². The van der Waals surface area contributed by atoms with Crippen LogP contribution in [-0.2, 0) is 20.5 Å². The third kappa shape index (κ3) is 4.57. The standard InChI is InChI=1S/C22H22F3N7O3/c1-35-18(34)5-12-10-31(11-12)19-16-9-27-32(15-4-2-3-13(6-15)22(23,24)25)20(16)30-21(29-19)28-14-7-17(33)26-8-14/h2-4,6,9,12,14H,5,7-8,10-11H2,1H3,(H,26,33)(H,28,29,30)/t14-/m0/s1. The van der Waals surface area contributed by atoms with E-state index in [1.165, 1.54) is 30.1 Å². The van der Waals surface area contributed by atoms with Gasteiger partial charge < -0.3 is 20.3 Å². The van der Waals surface area contributed by atoms with Gasteiger partial charge >= 0.3 is 12.1 Å². The van der Waals surface area contributed by atoms with Gasteiger partial charge in [-0.3, -0.25) is 9.59 Å². The number of anilines is 2. The van der Waals surface area contributed by atoms with Crippen molar-refractivity contribution < 1.29 is 27.5 Å². The number of hydrogen-bond donors (Lipinski definition) is 2. The monoisotopic (exact) mass is 489 g/mol. The topological polar surface area (TPSA) is 114 Å². The van der Waals surface area contributed by atoms with Crippen LogP contribution in [0.25, 0.3) is 16.7 Å². The number of esters is 1. The highest BCUT2D eigenvalue weighted by Crippen LogP contribution is 2.34. The predicted octanol–water partition coefficient (Wildman–Crippen LogP) is 2.13. The second-order valence-corrected chi connectivity index (χ2v) is 8.61. The van der Waals surface area contributed by atoms with Crippen molar-refractivity contribution in [1.29, 1.82) is 0 Å². The Morgan fingerprint density at radius 1 is 1.29 bits per heavy atom. The lowest BCUT2D eigenvalue weighted by Crippen LogP contribution is -2.48. The van der Waals surface area contributed by atoms with Crippen molar-refractivity contribution in [3.8, 4) is 5.69 Å². The van der Waals surface area contributed by atoms with E-state index in [-0.39, 0.29) is 48.3 Å². The van der Waals surface area contributed by atoms with Crippen LogP contribution < -0.4 is 15.5 Å². The van der Waals surface area contributed by atoms with E-state index < -0.39 is 11.7 Å². The van der Waals surface area contributed by atoms with Crippen LogP contribution in [0.3, 0.4) is 0 Å². The Kier molecular flexibility index (Phi) is 5.69. The zero-order chi connectivity index (χ0) is 24.7. The summed E-state index contributed by atoms with van der Waals surface area (Å²) in [5.41, 5.74) is -0.268. The number of benzene rings is 1. The number of ether oxygens (including phenoxy) is 1. The number of alkyl halides is 3. The molecule has 0 spiro atoms. The van der Waals surface area contributed by atoms with E-state index in [2.05, 4.69) is 25.7 Å². The first-order valence-corrected chi connectivity index (χ1v) is 11.0. The number of methoxy groups -OCH3 is 1. The lowest BCUT2D eigenvalue weighted by molar-refractivity contribution is -0.142. The van der Waals surface area contributed by atoms with E-state index in [4.69, 9.17) is 4.74 Å². The van der Waals surface area contributed by atoms with Crippen molar-refractivity contribution in [2.75, 3.05) is 37.0 Å². The number of carbonyl (C=O) groups is 2. The molecule has 3 aromatic rings.